The van der Waals surface area contributed by atoms with E-state index in [4.69, 9.17) is 10.8 Å². The molecule has 5 N–H and O–H groups in total. The number of H-pyrrole nitrogens is 1. The van der Waals surface area contributed by atoms with E-state index in [1.807, 2.05) is 6.26 Å². The lowest BCUT2D eigenvalue weighted by Gasteiger charge is -2.17. The van der Waals surface area contributed by atoms with E-state index in [1.165, 1.54) is 12.5 Å². The molecule has 7 nitrogen and oxygen atoms in total. The van der Waals surface area contributed by atoms with Gasteiger partial charge in [0.1, 0.15) is 6.04 Å². The first-order valence-corrected chi connectivity index (χ1v) is 7.19. The maximum absolute atomic E-state index is 11.8. The smallest absolute Gasteiger partial charge is 0.326 e. The number of amides is 1. The van der Waals surface area contributed by atoms with Crippen LogP contribution < -0.4 is 11.1 Å². The molecule has 0 aromatic carbocycles. The first-order valence-electron chi connectivity index (χ1n) is 5.79. The van der Waals surface area contributed by atoms with Crippen molar-refractivity contribution >= 4 is 23.6 Å². The largest absolute Gasteiger partial charge is 0.480 e. The minimum atomic E-state index is -1.10. The molecule has 1 amide bonds. The summed E-state index contributed by atoms with van der Waals surface area (Å²) in [4.78, 5) is 29.5. The van der Waals surface area contributed by atoms with Gasteiger partial charge in [0.05, 0.1) is 12.4 Å². The molecule has 0 aliphatic carbocycles. The van der Waals surface area contributed by atoms with Crippen LogP contribution in [0.3, 0.4) is 0 Å². The molecule has 0 radical (unpaired) electrons. The molecule has 8 heteroatoms. The molecule has 2 unspecified atom stereocenters. The maximum atomic E-state index is 11.8. The van der Waals surface area contributed by atoms with Crippen molar-refractivity contribution in [2.45, 2.75) is 24.9 Å². The second-order valence-electron chi connectivity index (χ2n) is 4.07. The molecule has 0 saturated heterocycles. The molecule has 0 saturated carbocycles. The van der Waals surface area contributed by atoms with E-state index < -0.39 is 24.0 Å². The third kappa shape index (κ3) is 5.31. The third-order valence-corrected chi connectivity index (χ3v) is 3.21. The van der Waals surface area contributed by atoms with E-state index in [0.717, 1.165) is 5.75 Å². The molecule has 1 heterocycles. The van der Waals surface area contributed by atoms with Gasteiger partial charge in [-0.1, -0.05) is 0 Å². The second kappa shape index (κ2) is 7.80. The van der Waals surface area contributed by atoms with Crippen LogP contribution in [0.2, 0.25) is 0 Å². The summed E-state index contributed by atoms with van der Waals surface area (Å²) in [5.41, 5.74) is 6.33. The van der Waals surface area contributed by atoms with E-state index in [0.29, 0.717) is 12.1 Å². The summed E-state index contributed by atoms with van der Waals surface area (Å²) in [7, 11) is 0. The van der Waals surface area contributed by atoms with Crippen LogP contribution in [0.1, 0.15) is 12.1 Å². The first kappa shape index (κ1) is 15.5. The average Bonchev–Trinajstić information content (AvgIpc) is 2.87. The topological polar surface area (TPSA) is 121 Å². The highest BCUT2D eigenvalue weighted by atomic mass is 32.2. The zero-order chi connectivity index (χ0) is 14.3. The van der Waals surface area contributed by atoms with Gasteiger partial charge in [-0.3, -0.25) is 4.79 Å². The number of carbonyl (C=O) groups is 2. The van der Waals surface area contributed by atoms with E-state index in [2.05, 4.69) is 15.3 Å². The Balaban J connectivity index is 2.53. The standard InChI is InChI=1S/C11H18N4O3S/c1-19-3-2-8(12)10(16)15-9(11(17)18)4-7-5-13-6-14-7/h5-6,8-9H,2-4,12H2,1H3,(H,13,14)(H,15,16)(H,17,18). The van der Waals surface area contributed by atoms with E-state index in [-0.39, 0.29) is 6.42 Å². The number of nitrogens with one attached hydrogen (secondary N) is 2. The van der Waals surface area contributed by atoms with Crippen molar-refractivity contribution in [1.82, 2.24) is 15.3 Å². The molecular weight excluding hydrogens is 268 g/mol. The molecule has 0 spiro atoms. The van der Waals surface area contributed by atoms with Gasteiger partial charge in [-0.15, -0.1) is 0 Å². The number of nitrogens with two attached hydrogens (primary N) is 1. The lowest BCUT2D eigenvalue weighted by atomic mass is 10.1. The van der Waals surface area contributed by atoms with Gasteiger partial charge >= 0.3 is 5.97 Å². The number of carbonyl (C=O) groups excluding carboxylic acids is 1. The van der Waals surface area contributed by atoms with E-state index >= 15 is 0 Å². The normalized spacial score (nSPS) is 13.8. The Bertz CT molecular complexity index is 410. The monoisotopic (exact) mass is 286 g/mol. The van der Waals surface area contributed by atoms with Crippen molar-refractivity contribution in [3.8, 4) is 0 Å². The highest BCUT2D eigenvalue weighted by Gasteiger charge is 2.23. The summed E-state index contributed by atoms with van der Waals surface area (Å²) in [6, 6.07) is -1.69. The van der Waals surface area contributed by atoms with Crippen LogP contribution >= 0.6 is 11.8 Å². The van der Waals surface area contributed by atoms with Crippen LogP contribution in [0.4, 0.5) is 0 Å². The molecule has 1 aromatic heterocycles. The van der Waals surface area contributed by atoms with E-state index in [1.54, 1.807) is 11.8 Å². The Hall–Kier alpha value is -1.54. The lowest BCUT2D eigenvalue weighted by molar-refractivity contribution is -0.142. The van der Waals surface area contributed by atoms with Crippen molar-refractivity contribution in [2.75, 3.05) is 12.0 Å². The number of thioether (sulfide) groups is 1. The number of aromatic nitrogens is 2. The van der Waals surface area contributed by atoms with Crippen LogP contribution in [0.15, 0.2) is 12.5 Å². The fraction of sp³-hybridized carbons (Fsp3) is 0.545. The number of aliphatic carboxylic acids is 1. The minimum absolute atomic E-state index is 0.149. The van der Waals surface area contributed by atoms with Gasteiger partial charge in [0.25, 0.3) is 0 Å². The number of imidazole rings is 1. The van der Waals surface area contributed by atoms with Crippen LogP contribution in [0.5, 0.6) is 0 Å². The number of hydrogen-bond acceptors (Lipinski definition) is 5. The van der Waals surface area contributed by atoms with Gasteiger partial charge in [-0.2, -0.15) is 11.8 Å². The molecular formula is C11H18N4O3S. The zero-order valence-electron chi connectivity index (χ0n) is 10.6. The van der Waals surface area contributed by atoms with Crippen molar-refractivity contribution in [1.29, 1.82) is 0 Å². The molecule has 106 valence electrons. The molecule has 0 bridgehead atoms. The number of carboxylic acid groups (broad SMARTS) is 1. The first-order chi connectivity index (χ1) is 9.04. The molecule has 19 heavy (non-hydrogen) atoms. The van der Waals surface area contributed by atoms with Crippen LogP contribution in [-0.4, -0.2) is 51.0 Å². The summed E-state index contributed by atoms with van der Waals surface area (Å²) in [6.07, 6.45) is 5.57. The predicted octanol–water partition coefficient (Wildman–Crippen LogP) is -0.398. The summed E-state index contributed by atoms with van der Waals surface area (Å²) in [5.74, 6) is -0.784. The average molecular weight is 286 g/mol. The molecule has 0 aliphatic rings. The quantitative estimate of drug-likeness (QED) is 0.516. The molecule has 0 fully saturated rings. The number of carboxylic acids is 1. The Morgan fingerprint density at radius 3 is 2.89 bits per heavy atom. The molecule has 0 aliphatic heterocycles. The van der Waals surface area contributed by atoms with Crippen molar-refractivity contribution in [3.63, 3.8) is 0 Å². The number of aromatic amines is 1. The number of hydrogen-bond donors (Lipinski definition) is 4. The number of rotatable bonds is 8. The summed E-state index contributed by atoms with van der Waals surface area (Å²) in [6.45, 7) is 0. The Morgan fingerprint density at radius 1 is 1.63 bits per heavy atom. The SMILES string of the molecule is CSCCC(N)C(=O)NC(Cc1cnc[nH]1)C(=O)O. The summed E-state index contributed by atoms with van der Waals surface area (Å²) in [5, 5.41) is 11.5. The maximum Gasteiger partial charge on any atom is 0.326 e. The van der Waals surface area contributed by atoms with Crippen molar-refractivity contribution < 1.29 is 14.7 Å². The van der Waals surface area contributed by atoms with Crippen LogP contribution in [-0.2, 0) is 16.0 Å². The summed E-state index contributed by atoms with van der Waals surface area (Å²) < 4.78 is 0. The Kier molecular flexibility index (Phi) is 6.37. The molecule has 1 rings (SSSR count). The van der Waals surface area contributed by atoms with Gasteiger partial charge < -0.3 is 21.1 Å². The Labute approximate surface area is 115 Å². The predicted molar refractivity (Wildman–Crippen MR) is 72.8 cm³/mol. The molecule has 2 atom stereocenters. The highest BCUT2D eigenvalue weighted by molar-refractivity contribution is 7.98. The fourth-order valence-corrected chi connectivity index (χ4v) is 1.96. The highest BCUT2D eigenvalue weighted by Crippen LogP contribution is 2.02. The third-order valence-electron chi connectivity index (χ3n) is 2.56. The van der Waals surface area contributed by atoms with Crippen molar-refractivity contribution in [2.24, 2.45) is 5.73 Å². The van der Waals surface area contributed by atoms with Gasteiger partial charge in [0.2, 0.25) is 5.91 Å². The molecule has 1 aromatic rings. The van der Waals surface area contributed by atoms with Gasteiger partial charge in [-0.05, 0) is 18.4 Å². The van der Waals surface area contributed by atoms with E-state index in [9.17, 15) is 9.59 Å². The second-order valence-corrected chi connectivity index (χ2v) is 5.05. The summed E-state index contributed by atoms with van der Waals surface area (Å²) >= 11 is 1.59. The van der Waals surface area contributed by atoms with Gasteiger partial charge in [0.15, 0.2) is 0 Å². The van der Waals surface area contributed by atoms with Crippen LogP contribution in [0.25, 0.3) is 0 Å². The Morgan fingerprint density at radius 2 is 2.37 bits per heavy atom. The number of nitrogens with zero attached hydrogens (tertiary/aromatic N) is 1. The zero-order valence-corrected chi connectivity index (χ0v) is 11.4. The lowest BCUT2D eigenvalue weighted by Crippen LogP contribution is -2.49. The van der Waals surface area contributed by atoms with Gasteiger partial charge in [0, 0.05) is 18.3 Å². The fourth-order valence-electron chi connectivity index (χ4n) is 1.47. The minimum Gasteiger partial charge on any atom is -0.480 e. The van der Waals surface area contributed by atoms with Gasteiger partial charge in [-0.25, -0.2) is 9.78 Å². The van der Waals surface area contributed by atoms with Crippen molar-refractivity contribution in [3.05, 3.63) is 18.2 Å². The van der Waals surface area contributed by atoms with Crippen LogP contribution in [0, 0.1) is 0 Å².